The van der Waals surface area contributed by atoms with Gasteiger partial charge < -0.3 is 10.6 Å². The Morgan fingerprint density at radius 2 is 1.81 bits per heavy atom. The minimum Gasteiger partial charge on any atom is -0.356 e. The Balaban J connectivity index is 0.00000220. The van der Waals surface area contributed by atoms with Gasteiger partial charge in [0.1, 0.15) is 0 Å². The van der Waals surface area contributed by atoms with Crippen molar-refractivity contribution in [1.29, 1.82) is 0 Å². The van der Waals surface area contributed by atoms with Gasteiger partial charge in [-0.1, -0.05) is 39.0 Å². The largest absolute Gasteiger partial charge is 0.356 e. The summed E-state index contributed by atoms with van der Waals surface area (Å²) >= 11 is 0. The van der Waals surface area contributed by atoms with Crippen LogP contribution in [0.2, 0.25) is 0 Å². The van der Waals surface area contributed by atoms with Gasteiger partial charge in [0.25, 0.3) is 0 Å². The summed E-state index contributed by atoms with van der Waals surface area (Å²) in [6.07, 6.45) is 11.3. The third-order valence-electron chi connectivity index (χ3n) is 5.30. The number of piperidine rings is 1. The van der Waals surface area contributed by atoms with Gasteiger partial charge in [0.2, 0.25) is 5.91 Å². The average Bonchev–Trinajstić information content (AvgIpc) is 2.49. The van der Waals surface area contributed by atoms with Crippen LogP contribution in [0, 0.1) is 17.8 Å². The Kier molecular flexibility index (Phi) is 9.34. The molecule has 1 saturated carbocycles. The van der Waals surface area contributed by atoms with Crippen molar-refractivity contribution in [1.82, 2.24) is 10.6 Å². The van der Waals surface area contributed by atoms with E-state index in [0.29, 0.717) is 5.92 Å². The van der Waals surface area contributed by atoms with Crippen LogP contribution in [-0.2, 0) is 4.79 Å². The summed E-state index contributed by atoms with van der Waals surface area (Å²) in [6, 6.07) is 0. The number of hydrogen-bond acceptors (Lipinski definition) is 2. The van der Waals surface area contributed by atoms with E-state index in [0.717, 1.165) is 37.9 Å². The number of hydrogen-bond donors (Lipinski definition) is 2. The van der Waals surface area contributed by atoms with Crippen molar-refractivity contribution in [2.24, 2.45) is 17.8 Å². The normalized spacial score (nSPS) is 22.3. The molecular weight excluding hydrogens is 284 g/mol. The highest BCUT2D eigenvalue weighted by Crippen LogP contribution is 2.26. The monoisotopic (exact) mass is 316 g/mol. The van der Waals surface area contributed by atoms with E-state index in [4.69, 9.17) is 0 Å². The quantitative estimate of drug-likeness (QED) is 0.787. The van der Waals surface area contributed by atoms with E-state index in [1.165, 1.54) is 51.4 Å². The van der Waals surface area contributed by atoms with Crippen LogP contribution in [0.1, 0.15) is 64.7 Å². The number of nitrogens with one attached hydrogen (secondary N) is 2. The molecule has 2 fully saturated rings. The van der Waals surface area contributed by atoms with E-state index in [9.17, 15) is 4.79 Å². The lowest BCUT2D eigenvalue weighted by molar-refractivity contribution is -0.122. The Bertz CT molecular complexity index is 287. The minimum atomic E-state index is 0. The molecule has 21 heavy (non-hydrogen) atoms. The van der Waals surface area contributed by atoms with Crippen molar-refractivity contribution in [3.05, 3.63) is 0 Å². The second-order valence-corrected chi connectivity index (χ2v) is 6.91. The van der Waals surface area contributed by atoms with Gasteiger partial charge in [-0.3, -0.25) is 4.79 Å². The smallest absolute Gasteiger partial charge is 0.220 e. The summed E-state index contributed by atoms with van der Waals surface area (Å²) < 4.78 is 0. The number of rotatable bonds is 6. The maximum Gasteiger partial charge on any atom is 0.220 e. The molecular formula is C17H33ClN2O. The molecule has 1 amide bonds. The predicted molar refractivity (Wildman–Crippen MR) is 90.8 cm³/mol. The topological polar surface area (TPSA) is 41.1 Å². The van der Waals surface area contributed by atoms with Crippen LogP contribution in [-0.4, -0.2) is 25.5 Å². The van der Waals surface area contributed by atoms with E-state index in [1.807, 2.05) is 0 Å². The summed E-state index contributed by atoms with van der Waals surface area (Å²) in [4.78, 5) is 12.0. The molecule has 0 bridgehead atoms. The minimum absolute atomic E-state index is 0. The zero-order valence-corrected chi connectivity index (χ0v) is 14.4. The van der Waals surface area contributed by atoms with Crippen LogP contribution in [0.4, 0.5) is 0 Å². The van der Waals surface area contributed by atoms with E-state index in [-0.39, 0.29) is 18.3 Å². The lowest BCUT2D eigenvalue weighted by Gasteiger charge is -2.28. The molecule has 1 atom stereocenters. The Labute approximate surface area is 136 Å². The molecule has 0 aromatic carbocycles. The fraction of sp³-hybridized carbons (Fsp3) is 0.941. The van der Waals surface area contributed by atoms with Crippen LogP contribution < -0.4 is 10.6 Å². The van der Waals surface area contributed by atoms with E-state index >= 15 is 0 Å². The number of carbonyl (C=O) groups is 1. The van der Waals surface area contributed by atoms with E-state index in [1.54, 1.807) is 0 Å². The zero-order chi connectivity index (χ0) is 14.2. The molecule has 124 valence electrons. The van der Waals surface area contributed by atoms with Crippen molar-refractivity contribution in [3.63, 3.8) is 0 Å². The molecule has 1 heterocycles. The van der Waals surface area contributed by atoms with Crippen LogP contribution in [0.3, 0.4) is 0 Å². The molecule has 2 N–H and O–H groups in total. The second-order valence-electron chi connectivity index (χ2n) is 6.91. The lowest BCUT2D eigenvalue weighted by atomic mass is 9.84. The highest BCUT2D eigenvalue weighted by atomic mass is 35.5. The predicted octanol–water partition coefficient (Wildman–Crippen LogP) is 3.52. The Morgan fingerprint density at radius 3 is 2.48 bits per heavy atom. The van der Waals surface area contributed by atoms with Gasteiger partial charge in [0.05, 0.1) is 0 Å². The second kappa shape index (κ2) is 10.4. The van der Waals surface area contributed by atoms with E-state index < -0.39 is 0 Å². The third kappa shape index (κ3) is 7.01. The molecule has 0 aromatic rings. The molecule has 1 aliphatic heterocycles. The van der Waals surface area contributed by atoms with Gasteiger partial charge in [-0.2, -0.15) is 0 Å². The van der Waals surface area contributed by atoms with Crippen LogP contribution in [0.25, 0.3) is 0 Å². The number of amides is 1. The maximum atomic E-state index is 12.0. The molecule has 0 aromatic heterocycles. The highest BCUT2D eigenvalue weighted by Gasteiger charge is 2.22. The molecule has 4 heteroatoms. The van der Waals surface area contributed by atoms with Gasteiger partial charge in [-0.25, -0.2) is 0 Å². The average molecular weight is 317 g/mol. The first kappa shape index (κ1) is 18.8. The fourth-order valence-corrected chi connectivity index (χ4v) is 3.84. The van der Waals surface area contributed by atoms with Crippen molar-refractivity contribution in [2.75, 3.05) is 19.6 Å². The van der Waals surface area contributed by atoms with Gasteiger partial charge in [-0.15, -0.1) is 12.4 Å². The van der Waals surface area contributed by atoms with Crippen LogP contribution >= 0.6 is 12.4 Å². The maximum absolute atomic E-state index is 12.0. The SMILES string of the molecule is CC(CC(=O)NCCC1CCCCC1)C1CCNCC1.Cl. The zero-order valence-electron chi connectivity index (χ0n) is 13.5. The van der Waals surface area contributed by atoms with Crippen molar-refractivity contribution in [3.8, 4) is 0 Å². The standard InChI is InChI=1S/C17H32N2O.ClH/c1-14(16-8-10-18-11-9-16)13-17(20)19-12-7-15-5-3-2-4-6-15;/h14-16,18H,2-13H2,1H3,(H,19,20);1H. The molecule has 1 saturated heterocycles. The van der Waals surface area contributed by atoms with Crippen LogP contribution in [0.15, 0.2) is 0 Å². The van der Waals surface area contributed by atoms with Gasteiger partial charge in [-0.05, 0) is 50.1 Å². The lowest BCUT2D eigenvalue weighted by Crippen LogP contribution is -2.34. The summed E-state index contributed by atoms with van der Waals surface area (Å²) in [5.41, 5.74) is 0. The van der Waals surface area contributed by atoms with Gasteiger partial charge >= 0.3 is 0 Å². The molecule has 3 nitrogen and oxygen atoms in total. The molecule has 1 aliphatic carbocycles. The summed E-state index contributed by atoms with van der Waals surface area (Å²) in [5.74, 6) is 2.41. The summed E-state index contributed by atoms with van der Waals surface area (Å²) in [7, 11) is 0. The molecule has 0 radical (unpaired) electrons. The van der Waals surface area contributed by atoms with Gasteiger partial charge in [0.15, 0.2) is 0 Å². The molecule has 1 unspecified atom stereocenters. The van der Waals surface area contributed by atoms with Crippen molar-refractivity contribution in [2.45, 2.75) is 64.7 Å². The summed E-state index contributed by atoms with van der Waals surface area (Å²) in [5, 5.41) is 6.54. The van der Waals surface area contributed by atoms with Gasteiger partial charge in [0, 0.05) is 13.0 Å². The summed E-state index contributed by atoms with van der Waals surface area (Å²) in [6.45, 7) is 5.38. The molecule has 2 rings (SSSR count). The molecule has 2 aliphatic rings. The van der Waals surface area contributed by atoms with E-state index in [2.05, 4.69) is 17.6 Å². The molecule has 0 spiro atoms. The number of halogens is 1. The van der Waals surface area contributed by atoms with Crippen molar-refractivity contribution < 1.29 is 4.79 Å². The fourth-order valence-electron chi connectivity index (χ4n) is 3.84. The first-order chi connectivity index (χ1) is 9.75. The van der Waals surface area contributed by atoms with Crippen LogP contribution in [0.5, 0.6) is 0 Å². The highest BCUT2D eigenvalue weighted by molar-refractivity contribution is 5.85. The third-order valence-corrected chi connectivity index (χ3v) is 5.30. The Morgan fingerprint density at radius 1 is 1.14 bits per heavy atom. The number of carbonyl (C=O) groups excluding carboxylic acids is 1. The van der Waals surface area contributed by atoms with Crippen molar-refractivity contribution >= 4 is 18.3 Å². The first-order valence-electron chi connectivity index (χ1n) is 8.73. The Hall–Kier alpha value is -0.280. The first-order valence-corrected chi connectivity index (χ1v) is 8.73.